The predicted octanol–water partition coefficient (Wildman–Crippen LogP) is 1.66. The topological polar surface area (TPSA) is 62.5 Å². The van der Waals surface area contributed by atoms with Crippen LogP contribution in [-0.4, -0.2) is 20.9 Å². The van der Waals surface area contributed by atoms with Crippen molar-refractivity contribution in [1.29, 1.82) is 0 Å². The minimum Gasteiger partial charge on any atom is -0.464 e. The van der Waals surface area contributed by atoms with Crippen LogP contribution < -0.4 is 0 Å². The first-order valence-corrected chi connectivity index (χ1v) is 4.17. The Morgan fingerprint density at radius 2 is 2.07 bits per heavy atom. The molecule has 4 nitrogen and oxygen atoms in total. The lowest BCUT2D eigenvalue weighted by Gasteiger charge is -1.95. The Bertz CT molecular complexity index is 487. The number of rotatable bonds is 1. The van der Waals surface area contributed by atoms with Crippen LogP contribution in [0.15, 0.2) is 30.5 Å². The summed E-state index contributed by atoms with van der Waals surface area (Å²) in [7, 11) is 0. The van der Waals surface area contributed by atoms with Crippen molar-refractivity contribution >= 4 is 17.0 Å². The number of hydrogen-bond acceptors (Lipinski definition) is 2. The molecule has 4 heteroatoms. The van der Waals surface area contributed by atoms with Crippen molar-refractivity contribution in [3.63, 3.8) is 0 Å². The normalized spacial score (nSPS) is 10.6. The van der Waals surface area contributed by atoms with E-state index in [2.05, 4.69) is 0 Å². The number of benzene rings is 1. The van der Waals surface area contributed by atoms with Gasteiger partial charge in [0, 0.05) is 17.1 Å². The van der Waals surface area contributed by atoms with Gasteiger partial charge in [0.1, 0.15) is 0 Å². The molecule has 0 aliphatic carbocycles. The Hall–Kier alpha value is -1.81. The highest BCUT2D eigenvalue weighted by Crippen LogP contribution is 2.20. The predicted molar refractivity (Wildman–Crippen MR) is 51.3 cm³/mol. The molecule has 0 aliphatic rings. The summed E-state index contributed by atoms with van der Waals surface area (Å²) in [4.78, 5) is 10.8. The van der Waals surface area contributed by atoms with Crippen LogP contribution in [0.2, 0.25) is 0 Å². The number of aromatic nitrogens is 1. The fraction of sp³-hybridized carbons (Fsp3) is 0.100. The van der Waals surface area contributed by atoms with E-state index in [9.17, 15) is 4.79 Å². The van der Waals surface area contributed by atoms with Crippen LogP contribution in [0.25, 0.3) is 10.9 Å². The van der Waals surface area contributed by atoms with Gasteiger partial charge in [0.15, 0.2) is 0 Å². The van der Waals surface area contributed by atoms with E-state index >= 15 is 0 Å². The van der Waals surface area contributed by atoms with Gasteiger partial charge in [0.2, 0.25) is 0 Å². The minimum absolute atomic E-state index is 0.152. The number of carboxylic acid groups (broad SMARTS) is 1. The quantitative estimate of drug-likeness (QED) is 0.720. The molecule has 0 unspecified atom stereocenters. The molecule has 72 valence electrons. The number of aliphatic hydroxyl groups is 1. The molecule has 0 spiro atoms. The van der Waals surface area contributed by atoms with Crippen LogP contribution in [-0.2, 0) is 6.61 Å². The summed E-state index contributed by atoms with van der Waals surface area (Å²) in [5.74, 6) is 0. The second-order valence-electron chi connectivity index (χ2n) is 2.98. The zero-order chi connectivity index (χ0) is 10.1. The number of para-hydroxylation sites is 1. The molecule has 0 saturated carbocycles. The van der Waals surface area contributed by atoms with Crippen molar-refractivity contribution < 1.29 is 15.0 Å². The van der Waals surface area contributed by atoms with Crippen LogP contribution in [0, 0.1) is 0 Å². The monoisotopic (exact) mass is 191 g/mol. The van der Waals surface area contributed by atoms with E-state index in [1.807, 2.05) is 6.07 Å². The molecule has 2 aromatic rings. The molecule has 0 bridgehead atoms. The van der Waals surface area contributed by atoms with E-state index in [1.54, 1.807) is 18.2 Å². The molecule has 0 radical (unpaired) electrons. The van der Waals surface area contributed by atoms with Crippen molar-refractivity contribution in [1.82, 2.24) is 4.57 Å². The first-order valence-electron chi connectivity index (χ1n) is 4.17. The molecular formula is C10H9NO3. The second-order valence-corrected chi connectivity index (χ2v) is 2.98. The fourth-order valence-electron chi connectivity index (χ4n) is 1.53. The molecule has 1 heterocycles. The lowest BCUT2D eigenvalue weighted by molar-refractivity contribution is 0.197. The largest absolute Gasteiger partial charge is 0.464 e. The van der Waals surface area contributed by atoms with Gasteiger partial charge in [-0.3, -0.25) is 4.57 Å². The van der Waals surface area contributed by atoms with Gasteiger partial charge >= 0.3 is 6.09 Å². The zero-order valence-corrected chi connectivity index (χ0v) is 7.34. The molecule has 2 N–H and O–H groups in total. The highest BCUT2D eigenvalue weighted by molar-refractivity contribution is 5.91. The van der Waals surface area contributed by atoms with Crippen LogP contribution in [0.1, 0.15) is 5.56 Å². The Balaban J connectivity index is 2.80. The number of carbonyl (C=O) groups is 1. The van der Waals surface area contributed by atoms with Crippen LogP contribution in [0.4, 0.5) is 4.79 Å². The standard InChI is InChI=1S/C10H9NO3/c12-6-7-5-11(10(13)14)9-4-2-1-3-8(7)9/h1-5,12H,6H2,(H,13,14). The van der Waals surface area contributed by atoms with Gasteiger partial charge in [0.05, 0.1) is 12.1 Å². The van der Waals surface area contributed by atoms with Crippen LogP contribution in [0.5, 0.6) is 0 Å². The van der Waals surface area contributed by atoms with Gasteiger partial charge in [-0.05, 0) is 6.07 Å². The Kier molecular flexibility index (Phi) is 1.98. The van der Waals surface area contributed by atoms with Gasteiger partial charge in [-0.25, -0.2) is 4.79 Å². The number of hydrogen-bond donors (Lipinski definition) is 2. The number of nitrogens with zero attached hydrogens (tertiary/aromatic N) is 1. The first-order chi connectivity index (χ1) is 6.74. The molecule has 0 amide bonds. The molecule has 0 atom stereocenters. The average molecular weight is 191 g/mol. The highest BCUT2D eigenvalue weighted by atomic mass is 16.4. The van der Waals surface area contributed by atoms with Crippen molar-refractivity contribution in [3.05, 3.63) is 36.0 Å². The summed E-state index contributed by atoms with van der Waals surface area (Å²) in [6.07, 6.45) is 0.397. The van der Waals surface area contributed by atoms with E-state index < -0.39 is 6.09 Å². The maximum atomic E-state index is 10.8. The van der Waals surface area contributed by atoms with Crippen molar-refractivity contribution in [2.45, 2.75) is 6.61 Å². The molecule has 1 aromatic heterocycles. The second kappa shape index (κ2) is 3.16. The van der Waals surface area contributed by atoms with Gasteiger partial charge < -0.3 is 10.2 Å². The fourth-order valence-corrected chi connectivity index (χ4v) is 1.53. The van der Waals surface area contributed by atoms with Crippen molar-refractivity contribution in [3.8, 4) is 0 Å². The number of fused-ring (bicyclic) bond motifs is 1. The van der Waals surface area contributed by atoms with Gasteiger partial charge in [-0.2, -0.15) is 0 Å². The smallest absolute Gasteiger partial charge is 0.416 e. The van der Waals surface area contributed by atoms with E-state index in [0.717, 1.165) is 9.95 Å². The van der Waals surface area contributed by atoms with Gasteiger partial charge in [-0.1, -0.05) is 18.2 Å². The van der Waals surface area contributed by atoms with Crippen molar-refractivity contribution in [2.75, 3.05) is 0 Å². The van der Waals surface area contributed by atoms with Crippen LogP contribution in [0.3, 0.4) is 0 Å². The minimum atomic E-state index is -1.04. The third-order valence-corrected chi connectivity index (χ3v) is 2.17. The molecule has 1 aromatic carbocycles. The van der Waals surface area contributed by atoms with E-state index in [4.69, 9.17) is 10.2 Å². The van der Waals surface area contributed by atoms with E-state index in [-0.39, 0.29) is 6.61 Å². The first kappa shape index (κ1) is 8.77. The Morgan fingerprint density at radius 1 is 1.36 bits per heavy atom. The molecular weight excluding hydrogens is 182 g/mol. The Labute approximate surface area is 80.0 Å². The molecule has 0 aliphatic heterocycles. The third kappa shape index (κ3) is 1.16. The summed E-state index contributed by atoms with van der Waals surface area (Å²) < 4.78 is 1.11. The lowest BCUT2D eigenvalue weighted by atomic mass is 10.2. The van der Waals surface area contributed by atoms with E-state index in [0.29, 0.717) is 11.1 Å². The maximum Gasteiger partial charge on any atom is 0.416 e. The zero-order valence-electron chi connectivity index (χ0n) is 7.34. The molecule has 0 saturated heterocycles. The Morgan fingerprint density at radius 3 is 2.71 bits per heavy atom. The maximum absolute atomic E-state index is 10.8. The molecule has 14 heavy (non-hydrogen) atoms. The molecule has 0 fully saturated rings. The van der Waals surface area contributed by atoms with Gasteiger partial charge in [0.25, 0.3) is 0 Å². The third-order valence-electron chi connectivity index (χ3n) is 2.17. The summed E-state index contributed by atoms with van der Waals surface area (Å²) in [6, 6.07) is 7.08. The summed E-state index contributed by atoms with van der Waals surface area (Å²) in [5.41, 5.74) is 1.23. The van der Waals surface area contributed by atoms with E-state index in [1.165, 1.54) is 6.20 Å². The number of aliphatic hydroxyl groups excluding tert-OH is 1. The molecule has 2 rings (SSSR count). The highest BCUT2D eigenvalue weighted by Gasteiger charge is 2.10. The van der Waals surface area contributed by atoms with Crippen molar-refractivity contribution in [2.24, 2.45) is 0 Å². The van der Waals surface area contributed by atoms with Gasteiger partial charge in [-0.15, -0.1) is 0 Å². The summed E-state index contributed by atoms with van der Waals surface area (Å²) in [6.45, 7) is -0.152. The average Bonchev–Trinajstić information content (AvgIpc) is 2.56. The SMILES string of the molecule is O=C(O)n1cc(CO)c2ccccc21. The lowest BCUT2D eigenvalue weighted by Crippen LogP contribution is -2.05. The van der Waals surface area contributed by atoms with Crippen LogP contribution >= 0.6 is 0 Å². The summed E-state index contributed by atoms with van der Waals surface area (Å²) >= 11 is 0. The summed E-state index contributed by atoms with van der Waals surface area (Å²) in [5, 5.41) is 18.7.